The summed E-state index contributed by atoms with van der Waals surface area (Å²) in [4.78, 5) is 36.6. The van der Waals surface area contributed by atoms with Crippen molar-refractivity contribution in [1.29, 1.82) is 0 Å². The van der Waals surface area contributed by atoms with E-state index in [9.17, 15) is 19.7 Å². The summed E-state index contributed by atoms with van der Waals surface area (Å²) >= 11 is 6.15. The minimum absolute atomic E-state index is 0.0310. The third-order valence-corrected chi connectivity index (χ3v) is 4.77. The van der Waals surface area contributed by atoms with Gasteiger partial charge in [-0.3, -0.25) is 10.1 Å². The van der Waals surface area contributed by atoms with Crippen LogP contribution in [0.3, 0.4) is 0 Å². The highest BCUT2D eigenvalue weighted by molar-refractivity contribution is 6.32. The Bertz CT molecular complexity index is 1190. The van der Waals surface area contributed by atoms with Crippen molar-refractivity contribution in [3.63, 3.8) is 0 Å². The fourth-order valence-corrected chi connectivity index (χ4v) is 3.03. The number of anilines is 1. The summed E-state index contributed by atoms with van der Waals surface area (Å²) in [6, 6.07) is 8.57. The fourth-order valence-electron chi connectivity index (χ4n) is 2.87. The zero-order chi connectivity index (χ0) is 21.3. The summed E-state index contributed by atoms with van der Waals surface area (Å²) in [5, 5.41) is 12.3. The number of carbonyl (C=O) groups is 1. The average molecular weight is 417 g/mol. The van der Waals surface area contributed by atoms with Crippen molar-refractivity contribution in [2.75, 3.05) is 19.0 Å². The zero-order valence-electron chi connectivity index (χ0n) is 15.9. The molecule has 150 valence electrons. The Kier molecular flexibility index (Phi) is 5.56. The molecule has 0 bridgehead atoms. The highest BCUT2D eigenvalue weighted by atomic mass is 35.5. The highest BCUT2D eigenvalue weighted by Gasteiger charge is 2.20. The van der Waals surface area contributed by atoms with Gasteiger partial charge in [-0.15, -0.1) is 0 Å². The summed E-state index contributed by atoms with van der Waals surface area (Å²) in [6.07, 6.45) is 0. The van der Waals surface area contributed by atoms with Gasteiger partial charge in [0.25, 0.3) is 5.69 Å². The van der Waals surface area contributed by atoms with Crippen LogP contribution < -0.4 is 10.5 Å². The molecule has 2 aromatic carbocycles. The fraction of sp³-hybridized carbons (Fsp3) is 0.200. The quantitative estimate of drug-likeness (QED) is 0.267. The van der Waals surface area contributed by atoms with Crippen LogP contribution >= 0.6 is 11.6 Å². The third kappa shape index (κ3) is 4.22. The van der Waals surface area contributed by atoms with Crippen LogP contribution in [-0.4, -0.2) is 25.0 Å². The van der Waals surface area contributed by atoms with Gasteiger partial charge in [0.1, 0.15) is 17.9 Å². The molecule has 0 unspecified atom stereocenters. The monoisotopic (exact) mass is 416 g/mol. The molecule has 3 rings (SSSR count). The van der Waals surface area contributed by atoms with Gasteiger partial charge in [0.2, 0.25) is 0 Å². The minimum Gasteiger partial charge on any atom is -0.457 e. The number of benzene rings is 2. The molecule has 0 spiro atoms. The Balaban J connectivity index is 1.90. The van der Waals surface area contributed by atoms with Gasteiger partial charge in [0.05, 0.1) is 10.5 Å². The zero-order valence-corrected chi connectivity index (χ0v) is 16.6. The number of aryl methyl sites for hydroxylation is 1. The van der Waals surface area contributed by atoms with E-state index >= 15 is 0 Å². The molecule has 0 aliphatic carbocycles. The number of esters is 1. The molecule has 0 radical (unpaired) electrons. The van der Waals surface area contributed by atoms with E-state index in [-0.39, 0.29) is 17.9 Å². The number of nitrogens with zero attached hydrogens (tertiary/aromatic N) is 2. The number of carbonyl (C=O) groups excluding carboxylic acids is 1. The topological polar surface area (TPSA) is 103 Å². The number of nitro groups is 1. The van der Waals surface area contributed by atoms with Crippen molar-refractivity contribution in [3.8, 4) is 0 Å². The first kappa shape index (κ1) is 20.3. The molecule has 29 heavy (non-hydrogen) atoms. The Morgan fingerprint density at radius 1 is 1.24 bits per heavy atom. The number of hydrogen-bond acceptors (Lipinski definition) is 7. The maximum atomic E-state index is 12.4. The molecule has 0 fully saturated rings. The number of halogens is 1. The van der Waals surface area contributed by atoms with E-state index in [1.165, 1.54) is 18.2 Å². The average Bonchev–Trinajstić information content (AvgIpc) is 2.66. The maximum Gasteiger partial charge on any atom is 0.338 e. The largest absolute Gasteiger partial charge is 0.457 e. The van der Waals surface area contributed by atoms with Crippen molar-refractivity contribution in [2.45, 2.75) is 13.5 Å². The number of fused-ring (bicyclic) bond motifs is 1. The van der Waals surface area contributed by atoms with Gasteiger partial charge < -0.3 is 14.1 Å². The van der Waals surface area contributed by atoms with Gasteiger partial charge in [-0.25, -0.2) is 9.59 Å². The SMILES string of the molecule is Cc1cc2oc(=O)cc(COC(=O)c3ccc(N(C)C)c([N+](=O)[O-])c3)c2cc1Cl. The second-order valence-corrected chi connectivity index (χ2v) is 7.03. The van der Waals surface area contributed by atoms with Crippen LogP contribution in [0.25, 0.3) is 11.0 Å². The first-order chi connectivity index (χ1) is 13.7. The molecule has 1 aromatic heterocycles. The third-order valence-electron chi connectivity index (χ3n) is 4.36. The van der Waals surface area contributed by atoms with E-state index in [4.69, 9.17) is 20.8 Å². The maximum absolute atomic E-state index is 12.4. The smallest absolute Gasteiger partial charge is 0.338 e. The molecule has 0 atom stereocenters. The summed E-state index contributed by atoms with van der Waals surface area (Å²) in [5.41, 5.74) is 1.09. The van der Waals surface area contributed by atoms with Gasteiger partial charge in [0, 0.05) is 42.2 Å². The van der Waals surface area contributed by atoms with Crippen LogP contribution in [0.1, 0.15) is 21.5 Å². The summed E-state index contributed by atoms with van der Waals surface area (Å²) in [7, 11) is 3.33. The molecule has 0 aliphatic rings. The van der Waals surface area contributed by atoms with Crippen molar-refractivity contribution >= 4 is 39.9 Å². The van der Waals surface area contributed by atoms with Crippen molar-refractivity contribution in [3.05, 3.63) is 78.6 Å². The molecule has 3 aromatic rings. The first-order valence-corrected chi connectivity index (χ1v) is 8.91. The van der Waals surface area contributed by atoms with Gasteiger partial charge in [-0.1, -0.05) is 11.6 Å². The highest BCUT2D eigenvalue weighted by Crippen LogP contribution is 2.29. The Labute approximate surface area is 170 Å². The normalized spacial score (nSPS) is 10.8. The lowest BCUT2D eigenvalue weighted by atomic mass is 10.1. The number of rotatable bonds is 5. The minimum atomic E-state index is -0.752. The summed E-state index contributed by atoms with van der Waals surface area (Å²) in [6.45, 7) is 1.56. The lowest BCUT2D eigenvalue weighted by Gasteiger charge is -2.13. The van der Waals surface area contributed by atoms with Crippen LogP contribution in [0, 0.1) is 17.0 Å². The molecule has 0 saturated heterocycles. The lowest BCUT2D eigenvalue weighted by molar-refractivity contribution is -0.384. The number of nitro benzene ring substituents is 1. The van der Waals surface area contributed by atoms with Crippen molar-refractivity contribution < 1.29 is 18.9 Å². The van der Waals surface area contributed by atoms with Crippen LogP contribution in [0.15, 0.2) is 45.6 Å². The lowest BCUT2D eigenvalue weighted by Crippen LogP contribution is -2.13. The van der Waals surface area contributed by atoms with Crippen molar-refractivity contribution in [2.24, 2.45) is 0 Å². The first-order valence-electron chi connectivity index (χ1n) is 8.53. The van der Waals surface area contributed by atoms with E-state index in [0.29, 0.717) is 27.2 Å². The van der Waals surface area contributed by atoms with E-state index in [1.807, 2.05) is 0 Å². The summed E-state index contributed by atoms with van der Waals surface area (Å²) in [5.74, 6) is -0.752. The summed E-state index contributed by atoms with van der Waals surface area (Å²) < 4.78 is 10.5. The van der Waals surface area contributed by atoms with E-state index in [0.717, 1.165) is 11.6 Å². The molecule has 8 nitrogen and oxygen atoms in total. The molecule has 0 N–H and O–H groups in total. The van der Waals surface area contributed by atoms with E-state index < -0.39 is 16.5 Å². The molecular formula is C20H17ClN2O6. The van der Waals surface area contributed by atoms with Crippen LogP contribution in [-0.2, 0) is 11.3 Å². The van der Waals surface area contributed by atoms with Crippen molar-refractivity contribution in [1.82, 2.24) is 0 Å². The van der Waals surface area contributed by atoms with Crippen LogP contribution in [0.5, 0.6) is 0 Å². The molecule has 1 heterocycles. The van der Waals surface area contributed by atoms with Crippen LogP contribution in [0.4, 0.5) is 11.4 Å². The molecule has 0 saturated carbocycles. The molecule has 0 amide bonds. The predicted molar refractivity (Wildman–Crippen MR) is 109 cm³/mol. The van der Waals surface area contributed by atoms with E-state index in [1.54, 1.807) is 38.1 Å². The number of ether oxygens (including phenoxy) is 1. The predicted octanol–water partition coefficient (Wildman–Crippen LogP) is 4.09. The second kappa shape index (κ2) is 7.92. The standard InChI is InChI=1S/C20H17ClN2O6/c1-11-6-18-14(9-15(11)21)13(8-19(24)29-18)10-28-20(25)12-4-5-16(22(2)3)17(7-12)23(26)27/h4-9H,10H2,1-3H3. The molecular weight excluding hydrogens is 400 g/mol. The van der Waals surface area contributed by atoms with Gasteiger partial charge in [-0.05, 0) is 36.8 Å². The van der Waals surface area contributed by atoms with Crippen LogP contribution in [0.2, 0.25) is 5.02 Å². The Hall–Kier alpha value is -3.39. The number of hydrogen-bond donors (Lipinski definition) is 0. The molecule has 9 heteroatoms. The Morgan fingerprint density at radius 3 is 2.62 bits per heavy atom. The second-order valence-electron chi connectivity index (χ2n) is 6.62. The molecule has 0 aliphatic heterocycles. The van der Waals surface area contributed by atoms with E-state index in [2.05, 4.69) is 0 Å². The van der Waals surface area contributed by atoms with Gasteiger partial charge in [-0.2, -0.15) is 0 Å². The Morgan fingerprint density at radius 2 is 1.97 bits per heavy atom. The van der Waals surface area contributed by atoms with Gasteiger partial charge >= 0.3 is 11.6 Å². The van der Waals surface area contributed by atoms with Gasteiger partial charge in [0.15, 0.2) is 0 Å².